The molecule has 0 aliphatic rings. The molecule has 0 aromatic carbocycles. The van der Waals surface area contributed by atoms with Gasteiger partial charge in [-0.3, -0.25) is 9.59 Å². The van der Waals surface area contributed by atoms with E-state index >= 15 is 0 Å². The molecule has 100 valence electrons. The van der Waals surface area contributed by atoms with Gasteiger partial charge in [-0.25, -0.2) is 8.42 Å². The maximum Gasteiger partial charge on any atom is 0.321 e. The standard InChI is InChI=1S/C10H18O6S/c1-5-16-9(11)6-17(13,14)8(3)7(2)10(12)15-4/h7-8H,5-6H2,1-4H3. The summed E-state index contributed by atoms with van der Waals surface area (Å²) < 4.78 is 32.6. The first-order chi connectivity index (χ1) is 7.76. The highest BCUT2D eigenvalue weighted by molar-refractivity contribution is 7.92. The molecule has 0 saturated heterocycles. The summed E-state index contributed by atoms with van der Waals surface area (Å²) in [6, 6.07) is 0. The molecule has 2 unspecified atom stereocenters. The molecule has 2 atom stereocenters. The first kappa shape index (κ1) is 15.9. The lowest BCUT2D eigenvalue weighted by atomic mass is 10.1. The summed E-state index contributed by atoms with van der Waals surface area (Å²) >= 11 is 0. The van der Waals surface area contributed by atoms with Gasteiger partial charge in [-0.05, 0) is 13.8 Å². The molecule has 6 nitrogen and oxygen atoms in total. The van der Waals surface area contributed by atoms with Gasteiger partial charge in [0.25, 0.3) is 0 Å². The number of methoxy groups -OCH3 is 1. The van der Waals surface area contributed by atoms with Crippen LogP contribution in [0.15, 0.2) is 0 Å². The second-order valence-electron chi connectivity index (χ2n) is 3.63. The highest BCUT2D eigenvalue weighted by atomic mass is 32.2. The Hall–Kier alpha value is -1.11. The Labute approximate surface area is 101 Å². The predicted molar refractivity (Wildman–Crippen MR) is 61.1 cm³/mol. The lowest BCUT2D eigenvalue weighted by Crippen LogP contribution is -2.35. The van der Waals surface area contributed by atoms with E-state index in [2.05, 4.69) is 9.47 Å². The van der Waals surface area contributed by atoms with Crippen molar-refractivity contribution in [3.8, 4) is 0 Å². The lowest BCUT2D eigenvalue weighted by molar-refractivity contribution is -0.145. The predicted octanol–water partition coefficient (Wildman–Crippen LogP) is 0.162. The molecular weight excluding hydrogens is 248 g/mol. The second kappa shape index (κ2) is 6.58. The summed E-state index contributed by atoms with van der Waals surface area (Å²) in [6.45, 7) is 4.52. The van der Waals surface area contributed by atoms with Gasteiger partial charge in [0, 0.05) is 0 Å². The van der Waals surface area contributed by atoms with Crippen LogP contribution in [0.3, 0.4) is 0 Å². The number of hydrogen-bond donors (Lipinski definition) is 0. The van der Waals surface area contributed by atoms with Crippen LogP contribution in [-0.4, -0.2) is 45.1 Å². The van der Waals surface area contributed by atoms with Gasteiger partial charge in [0.1, 0.15) is 5.75 Å². The average Bonchev–Trinajstić information content (AvgIpc) is 2.25. The van der Waals surface area contributed by atoms with Crippen molar-refractivity contribution >= 4 is 21.8 Å². The summed E-state index contributed by atoms with van der Waals surface area (Å²) in [5, 5.41) is -0.987. The van der Waals surface area contributed by atoms with Crippen molar-refractivity contribution in [1.82, 2.24) is 0 Å². The normalized spacial score (nSPS) is 14.8. The van der Waals surface area contributed by atoms with E-state index in [0.29, 0.717) is 0 Å². The minimum Gasteiger partial charge on any atom is -0.469 e. The van der Waals surface area contributed by atoms with Crippen LogP contribution in [0.5, 0.6) is 0 Å². The van der Waals surface area contributed by atoms with Crippen LogP contribution in [0.2, 0.25) is 0 Å². The molecule has 0 aromatic heterocycles. The fourth-order valence-electron chi connectivity index (χ4n) is 1.19. The molecule has 0 aliphatic heterocycles. The summed E-state index contributed by atoms with van der Waals surface area (Å²) in [5.74, 6) is -2.97. The van der Waals surface area contributed by atoms with Gasteiger partial charge in [-0.1, -0.05) is 6.92 Å². The minimum atomic E-state index is -3.71. The van der Waals surface area contributed by atoms with Crippen LogP contribution in [0, 0.1) is 5.92 Å². The fraction of sp³-hybridized carbons (Fsp3) is 0.800. The zero-order valence-corrected chi connectivity index (χ0v) is 11.2. The highest BCUT2D eigenvalue weighted by Crippen LogP contribution is 2.15. The molecule has 17 heavy (non-hydrogen) atoms. The van der Waals surface area contributed by atoms with Gasteiger partial charge in [0.15, 0.2) is 9.84 Å². The molecule has 0 spiro atoms. The van der Waals surface area contributed by atoms with Crippen molar-refractivity contribution < 1.29 is 27.5 Å². The summed E-state index contributed by atoms with van der Waals surface area (Å²) in [5.41, 5.74) is 0. The number of rotatable bonds is 6. The second-order valence-corrected chi connectivity index (χ2v) is 5.99. The molecule has 0 amide bonds. The monoisotopic (exact) mass is 266 g/mol. The Morgan fingerprint density at radius 3 is 2.18 bits per heavy atom. The van der Waals surface area contributed by atoms with Crippen molar-refractivity contribution in [3.05, 3.63) is 0 Å². The van der Waals surface area contributed by atoms with Gasteiger partial charge in [-0.15, -0.1) is 0 Å². The fourth-order valence-corrected chi connectivity index (χ4v) is 2.59. The zero-order chi connectivity index (χ0) is 13.6. The number of carbonyl (C=O) groups is 2. The van der Waals surface area contributed by atoms with Crippen LogP contribution < -0.4 is 0 Å². The maximum absolute atomic E-state index is 11.8. The minimum absolute atomic E-state index is 0.120. The molecule has 7 heteroatoms. The third-order valence-corrected chi connectivity index (χ3v) is 4.65. The van der Waals surface area contributed by atoms with Crippen LogP contribution in [-0.2, 0) is 28.9 Å². The number of hydrogen-bond acceptors (Lipinski definition) is 6. The maximum atomic E-state index is 11.8. The van der Waals surface area contributed by atoms with Crippen molar-refractivity contribution in [1.29, 1.82) is 0 Å². The van der Waals surface area contributed by atoms with Gasteiger partial charge in [0.2, 0.25) is 0 Å². The lowest BCUT2D eigenvalue weighted by Gasteiger charge is -2.17. The number of esters is 2. The quantitative estimate of drug-likeness (QED) is 0.637. The molecule has 0 fully saturated rings. The van der Waals surface area contributed by atoms with Crippen molar-refractivity contribution in [2.45, 2.75) is 26.0 Å². The Balaban J connectivity index is 4.71. The van der Waals surface area contributed by atoms with E-state index in [0.717, 1.165) is 0 Å². The topological polar surface area (TPSA) is 86.7 Å². The van der Waals surface area contributed by atoms with E-state index in [1.807, 2.05) is 0 Å². The van der Waals surface area contributed by atoms with Crippen molar-refractivity contribution in [2.75, 3.05) is 19.5 Å². The van der Waals surface area contributed by atoms with Crippen LogP contribution in [0.4, 0.5) is 0 Å². The van der Waals surface area contributed by atoms with E-state index in [-0.39, 0.29) is 6.61 Å². The van der Waals surface area contributed by atoms with Crippen LogP contribution >= 0.6 is 0 Å². The molecule has 0 rings (SSSR count). The summed E-state index contributed by atoms with van der Waals surface area (Å²) in [4.78, 5) is 22.3. The summed E-state index contributed by atoms with van der Waals surface area (Å²) in [7, 11) is -2.53. The van der Waals surface area contributed by atoms with E-state index in [1.54, 1.807) is 6.92 Å². The van der Waals surface area contributed by atoms with E-state index in [9.17, 15) is 18.0 Å². The molecular formula is C10H18O6S. The van der Waals surface area contributed by atoms with Crippen LogP contribution in [0.1, 0.15) is 20.8 Å². The molecule has 0 saturated carbocycles. The van der Waals surface area contributed by atoms with Crippen molar-refractivity contribution in [2.24, 2.45) is 5.92 Å². The Kier molecular flexibility index (Phi) is 6.15. The molecule has 0 bridgehead atoms. The number of carbonyl (C=O) groups excluding carboxylic acids is 2. The Morgan fingerprint density at radius 1 is 1.24 bits per heavy atom. The van der Waals surface area contributed by atoms with Crippen LogP contribution in [0.25, 0.3) is 0 Å². The molecule has 0 radical (unpaired) electrons. The molecule has 0 aliphatic carbocycles. The van der Waals surface area contributed by atoms with E-state index in [1.165, 1.54) is 21.0 Å². The van der Waals surface area contributed by atoms with Gasteiger partial charge < -0.3 is 9.47 Å². The van der Waals surface area contributed by atoms with Gasteiger partial charge in [-0.2, -0.15) is 0 Å². The molecule has 0 aromatic rings. The number of ether oxygens (including phenoxy) is 2. The largest absolute Gasteiger partial charge is 0.469 e. The highest BCUT2D eigenvalue weighted by Gasteiger charge is 2.33. The first-order valence-electron chi connectivity index (χ1n) is 5.21. The summed E-state index contributed by atoms with van der Waals surface area (Å²) in [6.07, 6.45) is 0. The smallest absolute Gasteiger partial charge is 0.321 e. The molecule has 0 N–H and O–H groups in total. The zero-order valence-electron chi connectivity index (χ0n) is 10.4. The Bertz CT molecular complexity index is 372. The molecule has 0 heterocycles. The Morgan fingerprint density at radius 2 is 1.76 bits per heavy atom. The number of sulfone groups is 1. The average molecular weight is 266 g/mol. The third kappa shape index (κ3) is 4.72. The van der Waals surface area contributed by atoms with E-state index < -0.39 is 38.7 Å². The van der Waals surface area contributed by atoms with E-state index in [4.69, 9.17) is 0 Å². The van der Waals surface area contributed by atoms with Gasteiger partial charge in [0.05, 0.1) is 24.9 Å². The van der Waals surface area contributed by atoms with Gasteiger partial charge >= 0.3 is 11.9 Å². The van der Waals surface area contributed by atoms with Crippen molar-refractivity contribution in [3.63, 3.8) is 0 Å². The SMILES string of the molecule is CCOC(=O)CS(=O)(=O)C(C)C(C)C(=O)OC. The first-order valence-corrected chi connectivity index (χ1v) is 6.92. The third-order valence-electron chi connectivity index (χ3n) is 2.47.